The number of hydrogen-bond acceptors (Lipinski definition) is 4. The summed E-state index contributed by atoms with van der Waals surface area (Å²) in [4.78, 5) is 11.0. The van der Waals surface area contributed by atoms with Gasteiger partial charge in [-0.1, -0.05) is 6.07 Å². The Morgan fingerprint density at radius 3 is 2.56 bits per heavy atom. The summed E-state index contributed by atoms with van der Waals surface area (Å²) < 4.78 is 36.3. The number of halogens is 3. The number of nitro groups is 1. The van der Waals surface area contributed by atoms with Gasteiger partial charge in [-0.2, -0.15) is 13.2 Å². The lowest BCUT2D eigenvalue weighted by atomic mass is 10.1. The summed E-state index contributed by atoms with van der Waals surface area (Å²) in [6.45, 7) is -1.12. The highest BCUT2D eigenvalue weighted by atomic mass is 19.4. The summed E-state index contributed by atoms with van der Waals surface area (Å²) in [7, 11) is 1.29. The van der Waals surface area contributed by atoms with E-state index in [4.69, 9.17) is 5.73 Å². The zero-order valence-electron chi connectivity index (χ0n) is 9.57. The predicted molar refractivity (Wildman–Crippen MR) is 59.9 cm³/mol. The Labute approximate surface area is 101 Å². The lowest BCUT2D eigenvalue weighted by Crippen LogP contribution is -2.30. The summed E-state index contributed by atoms with van der Waals surface area (Å²) in [5.74, 6) is 0. The molecule has 0 aliphatic carbocycles. The molecule has 0 bridgehead atoms. The van der Waals surface area contributed by atoms with Crippen LogP contribution in [-0.2, 0) is 6.54 Å². The van der Waals surface area contributed by atoms with Crippen LogP contribution in [0.4, 0.5) is 24.5 Å². The molecule has 2 N–H and O–H groups in total. The van der Waals surface area contributed by atoms with Gasteiger partial charge in [0.15, 0.2) is 0 Å². The molecule has 0 amide bonds. The molecule has 100 valence electrons. The number of rotatable bonds is 4. The second kappa shape index (κ2) is 5.21. The second-order valence-corrected chi connectivity index (χ2v) is 3.94. The first-order valence-corrected chi connectivity index (χ1v) is 4.97. The van der Waals surface area contributed by atoms with Crippen LogP contribution in [0.5, 0.6) is 0 Å². The number of alkyl halides is 3. The summed E-state index contributed by atoms with van der Waals surface area (Å²) in [6.07, 6.45) is -4.30. The van der Waals surface area contributed by atoms with Gasteiger partial charge in [0, 0.05) is 12.6 Å². The van der Waals surface area contributed by atoms with Crippen molar-refractivity contribution >= 4 is 11.4 Å². The quantitative estimate of drug-likeness (QED) is 0.513. The van der Waals surface area contributed by atoms with E-state index in [1.54, 1.807) is 0 Å². The molecule has 1 aromatic rings. The van der Waals surface area contributed by atoms with Crippen molar-refractivity contribution in [1.82, 2.24) is 4.90 Å². The van der Waals surface area contributed by atoms with E-state index in [1.807, 2.05) is 0 Å². The van der Waals surface area contributed by atoms with Crippen molar-refractivity contribution in [3.63, 3.8) is 0 Å². The van der Waals surface area contributed by atoms with Gasteiger partial charge in [0.25, 0.3) is 5.69 Å². The van der Waals surface area contributed by atoms with Crippen LogP contribution in [0.1, 0.15) is 5.56 Å². The van der Waals surface area contributed by atoms with E-state index >= 15 is 0 Å². The molecule has 1 aromatic carbocycles. The minimum atomic E-state index is -4.30. The van der Waals surface area contributed by atoms with Gasteiger partial charge in [-0.3, -0.25) is 15.0 Å². The molecule has 5 nitrogen and oxygen atoms in total. The van der Waals surface area contributed by atoms with E-state index < -0.39 is 17.6 Å². The van der Waals surface area contributed by atoms with Gasteiger partial charge in [0.05, 0.1) is 11.5 Å². The fourth-order valence-electron chi connectivity index (χ4n) is 1.52. The minimum Gasteiger partial charge on any atom is -0.393 e. The van der Waals surface area contributed by atoms with Crippen LogP contribution in [-0.4, -0.2) is 29.6 Å². The number of nitro benzene ring substituents is 1. The van der Waals surface area contributed by atoms with Crippen molar-refractivity contribution < 1.29 is 18.1 Å². The summed E-state index contributed by atoms with van der Waals surface area (Å²) in [6, 6.07) is 3.96. The summed E-state index contributed by atoms with van der Waals surface area (Å²) >= 11 is 0. The average Bonchev–Trinajstić information content (AvgIpc) is 2.17. The van der Waals surface area contributed by atoms with Gasteiger partial charge in [-0.05, 0) is 18.7 Å². The van der Waals surface area contributed by atoms with E-state index in [0.29, 0.717) is 5.56 Å². The summed E-state index contributed by atoms with van der Waals surface area (Å²) in [5, 5.41) is 10.6. The maximum atomic E-state index is 12.1. The topological polar surface area (TPSA) is 72.4 Å². The molecule has 1 rings (SSSR count). The number of hydrogen-bond donors (Lipinski definition) is 1. The standard InChI is InChI=1S/C10H12F3N3O2/c1-15(6-10(11,12)13)5-7-2-3-8(14)9(4-7)16(17)18/h2-4H,5-6,14H2,1H3. The molecule has 18 heavy (non-hydrogen) atoms. The first-order chi connectivity index (χ1) is 8.19. The molecule has 0 aliphatic heterocycles. The van der Waals surface area contributed by atoms with Crippen LogP contribution in [0.2, 0.25) is 0 Å². The Morgan fingerprint density at radius 2 is 2.06 bits per heavy atom. The molecule has 0 saturated carbocycles. The highest BCUT2D eigenvalue weighted by Crippen LogP contribution is 2.23. The monoisotopic (exact) mass is 263 g/mol. The van der Waals surface area contributed by atoms with Crippen molar-refractivity contribution in [3.05, 3.63) is 33.9 Å². The molecular formula is C10H12F3N3O2. The van der Waals surface area contributed by atoms with E-state index in [2.05, 4.69) is 0 Å². The van der Waals surface area contributed by atoms with Gasteiger partial charge in [-0.25, -0.2) is 0 Å². The van der Waals surface area contributed by atoms with Crippen LogP contribution in [0.15, 0.2) is 18.2 Å². The number of anilines is 1. The minimum absolute atomic E-state index is 0.0118. The largest absolute Gasteiger partial charge is 0.401 e. The SMILES string of the molecule is CN(Cc1ccc(N)c([N+](=O)[O-])c1)CC(F)(F)F. The van der Waals surface area contributed by atoms with E-state index in [-0.39, 0.29) is 17.9 Å². The molecular weight excluding hydrogens is 251 g/mol. The highest BCUT2D eigenvalue weighted by molar-refractivity contribution is 5.59. The number of nitrogen functional groups attached to an aromatic ring is 1. The van der Waals surface area contributed by atoms with Crippen molar-refractivity contribution in [2.45, 2.75) is 12.7 Å². The zero-order chi connectivity index (χ0) is 13.9. The second-order valence-electron chi connectivity index (χ2n) is 3.94. The third kappa shape index (κ3) is 4.21. The fourth-order valence-corrected chi connectivity index (χ4v) is 1.52. The Morgan fingerprint density at radius 1 is 1.44 bits per heavy atom. The predicted octanol–water partition coefficient (Wildman–Crippen LogP) is 2.17. The van der Waals surface area contributed by atoms with E-state index in [1.165, 1.54) is 25.2 Å². The van der Waals surface area contributed by atoms with Gasteiger partial charge < -0.3 is 5.73 Å². The first kappa shape index (κ1) is 14.2. The van der Waals surface area contributed by atoms with Crippen LogP contribution >= 0.6 is 0 Å². The third-order valence-electron chi connectivity index (χ3n) is 2.19. The molecule has 0 aromatic heterocycles. The Hall–Kier alpha value is -1.83. The van der Waals surface area contributed by atoms with Crippen molar-refractivity contribution in [3.8, 4) is 0 Å². The molecule has 0 spiro atoms. The van der Waals surface area contributed by atoms with Crippen LogP contribution in [0, 0.1) is 10.1 Å². The lowest BCUT2D eigenvalue weighted by molar-refractivity contribution is -0.384. The van der Waals surface area contributed by atoms with Crippen LogP contribution in [0.3, 0.4) is 0 Å². The molecule has 0 fully saturated rings. The Kier molecular flexibility index (Phi) is 4.12. The van der Waals surface area contributed by atoms with Crippen molar-refractivity contribution in [2.75, 3.05) is 19.3 Å². The fraction of sp³-hybridized carbons (Fsp3) is 0.400. The molecule has 0 heterocycles. The smallest absolute Gasteiger partial charge is 0.393 e. The number of benzene rings is 1. The molecule has 0 atom stereocenters. The molecule has 0 unspecified atom stereocenters. The summed E-state index contributed by atoms with van der Waals surface area (Å²) in [5.41, 5.74) is 5.48. The normalized spacial score (nSPS) is 11.8. The van der Waals surface area contributed by atoms with E-state index in [9.17, 15) is 23.3 Å². The zero-order valence-corrected chi connectivity index (χ0v) is 9.57. The van der Waals surface area contributed by atoms with Gasteiger partial charge in [0.1, 0.15) is 5.69 Å². The number of nitrogens with zero attached hydrogens (tertiary/aromatic N) is 2. The highest BCUT2D eigenvalue weighted by Gasteiger charge is 2.29. The molecule has 0 radical (unpaired) electrons. The van der Waals surface area contributed by atoms with Crippen molar-refractivity contribution in [2.24, 2.45) is 0 Å². The number of nitrogens with two attached hydrogens (primary N) is 1. The van der Waals surface area contributed by atoms with Crippen molar-refractivity contribution in [1.29, 1.82) is 0 Å². The maximum Gasteiger partial charge on any atom is 0.401 e. The Bertz CT molecular complexity index is 448. The van der Waals surface area contributed by atoms with Gasteiger partial charge in [0.2, 0.25) is 0 Å². The molecule has 0 aliphatic rings. The van der Waals surface area contributed by atoms with E-state index in [0.717, 1.165) is 4.90 Å². The third-order valence-corrected chi connectivity index (χ3v) is 2.19. The Balaban J connectivity index is 2.80. The molecule has 0 saturated heterocycles. The molecule has 8 heteroatoms. The van der Waals surface area contributed by atoms with Crippen LogP contribution < -0.4 is 5.73 Å². The first-order valence-electron chi connectivity index (χ1n) is 4.97. The van der Waals surface area contributed by atoms with Crippen LogP contribution in [0.25, 0.3) is 0 Å². The lowest BCUT2D eigenvalue weighted by Gasteiger charge is -2.18. The van der Waals surface area contributed by atoms with Gasteiger partial charge >= 0.3 is 6.18 Å². The maximum absolute atomic E-state index is 12.1. The van der Waals surface area contributed by atoms with Gasteiger partial charge in [-0.15, -0.1) is 0 Å². The average molecular weight is 263 g/mol.